The molecule has 0 atom stereocenters. The standard InChI is InChI=1S/C28H38N4O3/c1-19(2)32-10-9-22-23(27(34)35-6)15-21(16-24(22)32)20-7-8-25(29-18-20)30-11-13-31(14-12-30)26(33)17-28(3,4)5/h7-8,15-16,18-19H,9-14,17H2,1-6H3. The molecule has 2 aliphatic rings. The predicted molar refractivity (Wildman–Crippen MR) is 140 cm³/mol. The number of aromatic nitrogens is 1. The second-order valence-electron chi connectivity index (χ2n) is 11.1. The van der Waals surface area contributed by atoms with Gasteiger partial charge in [-0.1, -0.05) is 20.8 Å². The van der Waals surface area contributed by atoms with Crippen molar-refractivity contribution in [1.29, 1.82) is 0 Å². The smallest absolute Gasteiger partial charge is 0.338 e. The zero-order valence-electron chi connectivity index (χ0n) is 21.9. The fraction of sp³-hybridized carbons (Fsp3) is 0.536. The molecule has 1 fully saturated rings. The third-order valence-corrected chi connectivity index (χ3v) is 6.89. The number of hydrogen-bond acceptors (Lipinski definition) is 6. The molecule has 188 valence electrons. The summed E-state index contributed by atoms with van der Waals surface area (Å²) in [4.78, 5) is 36.4. The van der Waals surface area contributed by atoms with Crippen LogP contribution in [0.1, 0.15) is 57.0 Å². The molecule has 0 spiro atoms. The molecular formula is C28H38N4O3. The van der Waals surface area contributed by atoms with E-state index in [2.05, 4.69) is 56.6 Å². The average Bonchev–Trinajstić information content (AvgIpc) is 3.26. The number of esters is 1. The Hall–Kier alpha value is -3.09. The molecule has 0 bridgehead atoms. The van der Waals surface area contributed by atoms with Crippen LogP contribution in [0, 0.1) is 5.41 Å². The Labute approximate surface area is 209 Å². The molecule has 1 aromatic carbocycles. The molecule has 35 heavy (non-hydrogen) atoms. The van der Waals surface area contributed by atoms with Crippen LogP contribution in [0.15, 0.2) is 30.5 Å². The van der Waals surface area contributed by atoms with Crippen LogP contribution in [0.25, 0.3) is 11.1 Å². The number of piperazine rings is 1. The number of fused-ring (bicyclic) bond motifs is 1. The van der Waals surface area contributed by atoms with E-state index < -0.39 is 0 Å². The Balaban J connectivity index is 1.51. The van der Waals surface area contributed by atoms with E-state index in [0.29, 0.717) is 18.0 Å². The number of nitrogens with zero attached hydrogens (tertiary/aromatic N) is 4. The fourth-order valence-electron chi connectivity index (χ4n) is 5.02. The normalized spacial score (nSPS) is 16.0. The summed E-state index contributed by atoms with van der Waals surface area (Å²) in [6, 6.07) is 8.56. The molecule has 7 nitrogen and oxygen atoms in total. The van der Waals surface area contributed by atoms with Crippen molar-refractivity contribution in [1.82, 2.24) is 9.88 Å². The summed E-state index contributed by atoms with van der Waals surface area (Å²) in [5.74, 6) is 0.848. The molecule has 0 saturated carbocycles. The largest absolute Gasteiger partial charge is 0.465 e. The van der Waals surface area contributed by atoms with E-state index in [9.17, 15) is 9.59 Å². The summed E-state index contributed by atoms with van der Waals surface area (Å²) < 4.78 is 5.09. The van der Waals surface area contributed by atoms with Crippen LogP contribution in [0.4, 0.5) is 11.5 Å². The van der Waals surface area contributed by atoms with Gasteiger partial charge in [0.1, 0.15) is 5.82 Å². The van der Waals surface area contributed by atoms with Crippen molar-refractivity contribution in [3.63, 3.8) is 0 Å². The number of benzene rings is 1. The van der Waals surface area contributed by atoms with Crippen molar-refractivity contribution >= 4 is 23.4 Å². The number of hydrogen-bond donors (Lipinski definition) is 0. The zero-order chi connectivity index (χ0) is 25.3. The van der Waals surface area contributed by atoms with Crippen LogP contribution in [0.3, 0.4) is 0 Å². The Kier molecular flexibility index (Phi) is 7.06. The first kappa shape index (κ1) is 25.0. The molecule has 0 N–H and O–H groups in total. The lowest BCUT2D eigenvalue weighted by Gasteiger charge is -2.36. The van der Waals surface area contributed by atoms with E-state index in [0.717, 1.165) is 67.3 Å². The van der Waals surface area contributed by atoms with Gasteiger partial charge in [0.25, 0.3) is 0 Å². The third-order valence-electron chi connectivity index (χ3n) is 6.89. The van der Waals surface area contributed by atoms with Gasteiger partial charge in [0.2, 0.25) is 5.91 Å². The fourth-order valence-corrected chi connectivity index (χ4v) is 5.02. The average molecular weight is 479 g/mol. The van der Waals surface area contributed by atoms with Gasteiger partial charge in [0, 0.05) is 62.6 Å². The minimum absolute atomic E-state index is 0.00307. The van der Waals surface area contributed by atoms with E-state index in [4.69, 9.17) is 9.72 Å². The van der Waals surface area contributed by atoms with E-state index >= 15 is 0 Å². The number of rotatable bonds is 5. The maximum Gasteiger partial charge on any atom is 0.338 e. The van der Waals surface area contributed by atoms with E-state index in [-0.39, 0.29) is 17.3 Å². The molecule has 2 aliphatic heterocycles. The van der Waals surface area contributed by atoms with Crippen molar-refractivity contribution in [3.05, 3.63) is 41.6 Å². The summed E-state index contributed by atoms with van der Waals surface area (Å²) in [7, 11) is 1.43. The van der Waals surface area contributed by atoms with Gasteiger partial charge >= 0.3 is 5.97 Å². The van der Waals surface area contributed by atoms with Crippen LogP contribution in [-0.4, -0.2) is 67.6 Å². The van der Waals surface area contributed by atoms with Crippen LogP contribution >= 0.6 is 0 Å². The highest BCUT2D eigenvalue weighted by atomic mass is 16.5. The lowest BCUT2D eigenvalue weighted by atomic mass is 9.91. The first-order valence-electron chi connectivity index (χ1n) is 12.6. The SMILES string of the molecule is COC(=O)c1cc(-c2ccc(N3CCN(C(=O)CC(C)(C)C)CC3)nc2)cc2c1CCN2C(C)C. The molecule has 1 amide bonds. The highest BCUT2D eigenvalue weighted by molar-refractivity contribution is 5.96. The third kappa shape index (κ3) is 5.44. The maximum absolute atomic E-state index is 12.6. The van der Waals surface area contributed by atoms with Crippen molar-refractivity contribution in [3.8, 4) is 11.1 Å². The first-order chi connectivity index (χ1) is 16.6. The quantitative estimate of drug-likeness (QED) is 0.594. The lowest BCUT2D eigenvalue weighted by Crippen LogP contribution is -2.49. The van der Waals surface area contributed by atoms with Gasteiger partial charge in [-0.15, -0.1) is 0 Å². The molecule has 2 aromatic rings. The summed E-state index contributed by atoms with van der Waals surface area (Å²) in [6.07, 6.45) is 3.30. The molecule has 0 aliphatic carbocycles. The van der Waals surface area contributed by atoms with Crippen molar-refractivity contribution < 1.29 is 14.3 Å². The van der Waals surface area contributed by atoms with Crippen LogP contribution in [-0.2, 0) is 16.0 Å². The molecule has 0 unspecified atom stereocenters. The molecule has 3 heterocycles. The molecule has 1 aromatic heterocycles. The first-order valence-corrected chi connectivity index (χ1v) is 12.6. The lowest BCUT2D eigenvalue weighted by molar-refractivity contribution is -0.133. The number of anilines is 2. The molecular weight excluding hydrogens is 440 g/mol. The Bertz CT molecular complexity index is 1080. The Morgan fingerprint density at radius 1 is 1.03 bits per heavy atom. The summed E-state index contributed by atoms with van der Waals surface area (Å²) in [5, 5.41) is 0. The van der Waals surface area contributed by atoms with Crippen LogP contribution in [0.5, 0.6) is 0 Å². The van der Waals surface area contributed by atoms with E-state index in [1.807, 2.05) is 23.2 Å². The number of carbonyl (C=O) groups is 2. The number of ether oxygens (including phenoxy) is 1. The van der Waals surface area contributed by atoms with Gasteiger partial charge in [-0.25, -0.2) is 9.78 Å². The Morgan fingerprint density at radius 2 is 1.74 bits per heavy atom. The van der Waals surface area contributed by atoms with Crippen molar-refractivity contribution in [2.45, 2.75) is 53.5 Å². The van der Waals surface area contributed by atoms with Gasteiger partial charge in [-0.05, 0) is 61.1 Å². The molecule has 0 radical (unpaired) electrons. The minimum atomic E-state index is -0.294. The van der Waals surface area contributed by atoms with Crippen LogP contribution in [0.2, 0.25) is 0 Å². The van der Waals surface area contributed by atoms with E-state index in [1.54, 1.807) is 0 Å². The molecule has 1 saturated heterocycles. The summed E-state index contributed by atoms with van der Waals surface area (Å²) in [6.45, 7) is 14.5. The number of carbonyl (C=O) groups excluding carboxylic acids is 2. The van der Waals surface area contributed by atoms with Crippen LogP contribution < -0.4 is 9.80 Å². The molecule has 4 rings (SSSR count). The topological polar surface area (TPSA) is 66.0 Å². The van der Waals surface area contributed by atoms with Gasteiger partial charge in [-0.2, -0.15) is 0 Å². The second kappa shape index (κ2) is 9.88. The summed E-state index contributed by atoms with van der Waals surface area (Å²) >= 11 is 0. The van der Waals surface area contributed by atoms with Gasteiger partial charge in [0.15, 0.2) is 0 Å². The second-order valence-corrected chi connectivity index (χ2v) is 11.1. The van der Waals surface area contributed by atoms with Gasteiger partial charge < -0.3 is 19.4 Å². The predicted octanol–water partition coefficient (Wildman–Crippen LogP) is 4.39. The maximum atomic E-state index is 12.6. The van der Waals surface area contributed by atoms with E-state index in [1.165, 1.54) is 7.11 Å². The highest BCUT2D eigenvalue weighted by Gasteiger charge is 2.28. The van der Waals surface area contributed by atoms with Crippen molar-refractivity contribution in [2.75, 3.05) is 49.6 Å². The minimum Gasteiger partial charge on any atom is -0.465 e. The number of methoxy groups -OCH3 is 1. The highest BCUT2D eigenvalue weighted by Crippen LogP contribution is 2.37. The molecule has 7 heteroatoms. The van der Waals surface area contributed by atoms with Gasteiger partial charge in [-0.3, -0.25) is 4.79 Å². The number of amides is 1. The van der Waals surface area contributed by atoms with Gasteiger partial charge in [0.05, 0.1) is 12.7 Å². The summed E-state index contributed by atoms with van der Waals surface area (Å²) in [5.41, 5.74) is 4.76. The zero-order valence-corrected chi connectivity index (χ0v) is 21.9. The number of pyridine rings is 1. The van der Waals surface area contributed by atoms with Crippen molar-refractivity contribution in [2.24, 2.45) is 5.41 Å². The Morgan fingerprint density at radius 3 is 2.31 bits per heavy atom. The monoisotopic (exact) mass is 478 g/mol.